The van der Waals surface area contributed by atoms with Gasteiger partial charge in [0.1, 0.15) is 5.82 Å². The molecule has 0 fully saturated rings. The number of carbonyl (C=O) groups is 1. The van der Waals surface area contributed by atoms with Crippen molar-refractivity contribution in [1.29, 1.82) is 0 Å². The molecule has 0 aliphatic rings. The molecule has 0 atom stereocenters. The fourth-order valence-electron chi connectivity index (χ4n) is 2.66. The summed E-state index contributed by atoms with van der Waals surface area (Å²) in [5.74, 6) is 1.10. The van der Waals surface area contributed by atoms with Crippen molar-refractivity contribution in [1.82, 2.24) is 14.9 Å². The minimum absolute atomic E-state index is 0.0136. The Labute approximate surface area is 137 Å². The summed E-state index contributed by atoms with van der Waals surface area (Å²) in [5.41, 5.74) is 2.21. The highest BCUT2D eigenvalue weighted by molar-refractivity contribution is 5.87. The summed E-state index contributed by atoms with van der Waals surface area (Å²) in [4.78, 5) is 16.0. The zero-order valence-corrected chi connectivity index (χ0v) is 13.8. The standard InChI is InChI=1S/C19H25N3O/c1-3-10-19(23)20-14-9-5-6-13-18-21-16-11-7-8-12-17(16)22(18)15-4-2/h3-4,7-8,10-12H,2,5-6,9,13-15H2,1H3,(H,20,23)/b10-3+. The lowest BCUT2D eigenvalue weighted by atomic mass is 10.2. The molecule has 0 saturated heterocycles. The van der Waals surface area contributed by atoms with Crippen LogP contribution in [0.4, 0.5) is 0 Å². The molecule has 122 valence electrons. The zero-order chi connectivity index (χ0) is 16.5. The largest absolute Gasteiger partial charge is 0.353 e. The number of para-hydroxylation sites is 2. The van der Waals surface area contributed by atoms with Crippen LogP contribution in [0.15, 0.2) is 49.1 Å². The van der Waals surface area contributed by atoms with E-state index in [-0.39, 0.29) is 5.91 Å². The maximum Gasteiger partial charge on any atom is 0.243 e. The van der Waals surface area contributed by atoms with Gasteiger partial charge >= 0.3 is 0 Å². The number of rotatable bonds is 9. The summed E-state index contributed by atoms with van der Waals surface area (Å²) in [6.07, 6.45) is 9.30. The second kappa shape index (κ2) is 8.93. The maximum atomic E-state index is 11.3. The molecule has 1 aromatic carbocycles. The molecule has 23 heavy (non-hydrogen) atoms. The third-order valence-corrected chi connectivity index (χ3v) is 3.74. The second-order valence-electron chi connectivity index (χ2n) is 5.52. The van der Waals surface area contributed by atoms with Gasteiger partial charge in [-0.25, -0.2) is 4.98 Å². The van der Waals surface area contributed by atoms with Gasteiger partial charge in [-0.2, -0.15) is 0 Å². The Bertz CT molecular complexity index is 685. The predicted octanol–water partition coefficient (Wildman–Crippen LogP) is 3.63. The normalized spacial score (nSPS) is 11.2. The average Bonchev–Trinajstić information content (AvgIpc) is 2.89. The van der Waals surface area contributed by atoms with Gasteiger partial charge in [-0.15, -0.1) is 6.58 Å². The number of nitrogens with one attached hydrogen (secondary N) is 1. The monoisotopic (exact) mass is 311 g/mol. The molecule has 0 saturated carbocycles. The molecule has 0 spiro atoms. The van der Waals surface area contributed by atoms with Crippen molar-refractivity contribution in [2.24, 2.45) is 0 Å². The molecular formula is C19H25N3O. The molecule has 1 heterocycles. The van der Waals surface area contributed by atoms with E-state index in [9.17, 15) is 4.79 Å². The number of allylic oxidation sites excluding steroid dienone is 2. The Hall–Kier alpha value is -2.36. The summed E-state index contributed by atoms with van der Waals surface area (Å²) in [6.45, 7) is 7.20. The third-order valence-electron chi connectivity index (χ3n) is 3.74. The first-order valence-electron chi connectivity index (χ1n) is 8.22. The number of amides is 1. The number of benzene rings is 1. The van der Waals surface area contributed by atoms with Gasteiger partial charge in [-0.3, -0.25) is 4.79 Å². The Morgan fingerprint density at radius 2 is 2.13 bits per heavy atom. The fourth-order valence-corrected chi connectivity index (χ4v) is 2.66. The van der Waals surface area contributed by atoms with Crippen LogP contribution in [-0.2, 0) is 17.8 Å². The molecule has 4 nitrogen and oxygen atoms in total. The van der Waals surface area contributed by atoms with Crippen molar-refractivity contribution in [2.75, 3.05) is 6.54 Å². The number of carbonyl (C=O) groups excluding carboxylic acids is 1. The third kappa shape index (κ3) is 4.81. The van der Waals surface area contributed by atoms with Gasteiger partial charge < -0.3 is 9.88 Å². The number of hydrogen-bond donors (Lipinski definition) is 1. The molecule has 2 rings (SSSR count). The van der Waals surface area contributed by atoms with Crippen LogP contribution in [0.3, 0.4) is 0 Å². The highest BCUT2D eigenvalue weighted by Crippen LogP contribution is 2.17. The quantitative estimate of drug-likeness (QED) is 0.437. The zero-order valence-electron chi connectivity index (χ0n) is 13.8. The van der Waals surface area contributed by atoms with Crippen molar-refractivity contribution in [3.05, 3.63) is 54.9 Å². The molecular weight excluding hydrogens is 286 g/mol. The van der Waals surface area contributed by atoms with Crippen LogP contribution in [0.5, 0.6) is 0 Å². The highest BCUT2D eigenvalue weighted by Gasteiger charge is 2.08. The Balaban J connectivity index is 1.84. The van der Waals surface area contributed by atoms with Gasteiger partial charge in [-0.1, -0.05) is 30.7 Å². The first kappa shape index (κ1) is 17.0. The first-order valence-corrected chi connectivity index (χ1v) is 8.22. The number of nitrogens with zero attached hydrogens (tertiary/aromatic N) is 2. The van der Waals surface area contributed by atoms with E-state index in [0.717, 1.165) is 50.1 Å². The van der Waals surface area contributed by atoms with E-state index in [0.29, 0.717) is 0 Å². The molecule has 0 aliphatic heterocycles. The van der Waals surface area contributed by atoms with E-state index >= 15 is 0 Å². The van der Waals surface area contributed by atoms with Gasteiger partial charge in [0.05, 0.1) is 11.0 Å². The minimum Gasteiger partial charge on any atom is -0.353 e. The van der Waals surface area contributed by atoms with Crippen molar-refractivity contribution >= 4 is 16.9 Å². The van der Waals surface area contributed by atoms with E-state index < -0.39 is 0 Å². The molecule has 0 radical (unpaired) electrons. The van der Waals surface area contributed by atoms with Crippen molar-refractivity contribution in [2.45, 2.75) is 39.2 Å². The van der Waals surface area contributed by atoms with E-state index in [2.05, 4.69) is 28.6 Å². The van der Waals surface area contributed by atoms with E-state index in [1.807, 2.05) is 25.1 Å². The van der Waals surface area contributed by atoms with Crippen LogP contribution in [0.2, 0.25) is 0 Å². The summed E-state index contributed by atoms with van der Waals surface area (Å²) >= 11 is 0. The molecule has 4 heteroatoms. The summed E-state index contributed by atoms with van der Waals surface area (Å²) in [6, 6.07) is 8.22. The van der Waals surface area contributed by atoms with Gasteiger partial charge in [0.25, 0.3) is 0 Å². The fraction of sp³-hybridized carbons (Fsp3) is 0.368. The number of aryl methyl sites for hydroxylation is 1. The number of imidazole rings is 1. The SMILES string of the molecule is C=CCn1c(CCCCCNC(=O)/C=C/C)nc2ccccc21. The molecule has 0 unspecified atom stereocenters. The molecule has 2 aromatic rings. The molecule has 0 aliphatic carbocycles. The van der Waals surface area contributed by atoms with Gasteiger partial charge in [0.2, 0.25) is 5.91 Å². The van der Waals surface area contributed by atoms with Gasteiger partial charge in [0.15, 0.2) is 0 Å². The van der Waals surface area contributed by atoms with Crippen molar-refractivity contribution in [3.63, 3.8) is 0 Å². The van der Waals surface area contributed by atoms with Crippen LogP contribution in [-0.4, -0.2) is 22.0 Å². The van der Waals surface area contributed by atoms with Crippen molar-refractivity contribution in [3.8, 4) is 0 Å². The average molecular weight is 311 g/mol. The Morgan fingerprint density at radius 1 is 1.30 bits per heavy atom. The number of unbranched alkanes of at least 4 members (excludes halogenated alkanes) is 2. The lowest BCUT2D eigenvalue weighted by Gasteiger charge is -2.06. The van der Waals surface area contributed by atoms with Crippen molar-refractivity contribution < 1.29 is 4.79 Å². The van der Waals surface area contributed by atoms with Gasteiger partial charge in [0, 0.05) is 19.5 Å². The number of hydrogen-bond acceptors (Lipinski definition) is 2. The molecule has 1 amide bonds. The minimum atomic E-state index is -0.0136. The summed E-state index contributed by atoms with van der Waals surface area (Å²) < 4.78 is 2.23. The van der Waals surface area contributed by atoms with Crippen LogP contribution < -0.4 is 5.32 Å². The van der Waals surface area contributed by atoms with Crippen LogP contribution in [0.1, 0.15) is 32.0 Å². The Morgan fingerprint density at radius 3 is 2.91 bits per heavy atom. The lowest BCUT2D eigenvalue weighted by Crippen LogP contribution is -2.21. The van der Waals surface area contributed by atoms with Crippen LogP contribution >= 0.6 is 0 Å². The topological polar surface area (TPSA) is 46.9 Å². The van der Waals surface area contributed by atoms with E-state index in [1.165, 1.54) is 5.52 Å². The molecule has 0 bridgehead atoms. The maximum absolute atomic E-state index is 11.3. The summed E-state index contributed by atoms with van der Waals surface area (Å²) in [7, 11) is 0. The van der Waals surface area contributed by atoms with Crippen LogP contribution in [0.25, 0.3) is 11.0 Å². The van der Waals surface area contributed by atoms with E-state index in [4.69, 9.17) is 4.98 Å². The number of aromatic nitrogens is 2. The van der Waals surface area contributed by atoms with Gasteiger partial charge in [-0.05, 0) is 38.0 Å². The number of fused-ring (bicyclic) bond motifs is 1. The predicted molar refractivity (Wildman–Crippen MR) is 95.3 cm³/mol. The van der Waals surface area contributed by atoms with E-state index in [1.54, 1.807) is 12.2 Å². The summed E-state index contributed by atoms with van der Waals surface area (Å²) in [5, 5.41) is 2.88. The molecule has 1 aromatic heterocycles. The highest BCUT2D eigenvalue weighted by atomic mass is 16.1. The Kier molecular flexibility index (Phi) is 6.60. The lowest BCUT2D eigenvalue weighted by molar-refractivity contribution is -0.116. The molecule has 1 N–H and O–H groups in total. The smallest absolute Gasteiger partial charge is 0.243 e. The van der Waals surface area contributed by atoms with Crippen LogP contribution in [0, 0.1) is 0 Å². The second-order valence-corrected chi connectivity index (χ2v) is 5.52. The first-order chi connectivity index (χ1) is 11.3.